The molecule has 0 saturated heterocycles. The van der Waals surface area contributed by atoms with Gasteiger partial charge in [-0.25, -0.2) is 4.79 Å². The van der Waals surface area contributed by atoms with Crippen LogP contribution in [0.15, 0.2) is 42.5 Å². The van der Waals surface area contributed by atoms with Crippen LogP contribution < -0.4 is 0 Å². The van der Waals surface area contributed by atoms with Crippen molar-refractivity contribution in [1.29, 1.82) is 0 Å². The SMILES string of the molecule is CCOC(=O)c1ccc(C=Cc2cc3c(cc2C)C(C)(C)CC=C3O)cc1. The lowest BCUT2D eigenvalue weighted by molar-refractivity contribution is 0.0526. The normalized spacial score (nSPS) is 15.3. The number of benzene rings is 2. The fraction of sp³-hybridized carbons (Fsp3) is 0.292. The number of allylic oxidation sites excluding steroid dienone is 1. The number of carbonyl (C=O) groups is 1. The fourth-order valence-corrected chi connectivity index (χ4v) is 3.38. The van der Waals surface area contributed by atoms with Gasteiger partial charge in [0.1, 0.15) is 5.76 Å². The van der Waals surface area contributed by atoms with Crippen molar-refractivity contribution in [2.24, 2.45) is 0 Å². The van der Waals surface area contributed by atoms with Gasteiger partial charge < -0.3 is 9.84 Å². The van der Waals surface area contributed by atoms with E-state index < -0.39 is 0 Å². The van der Waals surface area contributed by atoms with Gasteiger partial charge in [0.25, 0.3) is 0 Å². The summed E-state index contributed by atoms with van der Waals surface area (Å²) >= 11 is 0. The molecule has 0 heterocycles. The highest BCUT2D eigenvalue weighted by molar-refractivity contribution is 5.89. The maximum Gasteiger partial charge on any atom is 0.338 e. The van der Waals surface area contributed by atoms with Gasteiger partial charge >= 0.3 is 5.97 Å². The summed E-state index contributed by atoms with van der Waals surface area (Å²) in [6.45, 7) is 8.67. The largest absolute Gasteiger partial charge is 0.508 e. The minimum Gasteiger partial charge on any atom is -0.508 e. The summed E-state index contributed by atoms with van der Waals surface area (Å²) in [6.07, 6.45) is 6.80. The Balaban J connectivity index is 1.87. The second kappa shape index (κ2) is 7.43. The third-order valence-electron chi connectivity index (χ3n) is 5.09. The number of rotatable bonds is 4. The molecule has 0 fully saturated rings. The van der Waals surface area contributed by atoms with Crippen molar-refractivity contribution in [3.8, 4) is 0 Å². The molecule has 0 radical (unpaired) electrons. The minimum absolute atomic E-state index is 0.0253. The molecule has 1 N–H and O–H groups in total. The van der Waals surface area contributed by atoms with Gasteiger partial charge in [-0.1, -0.05) is 44.2 Å². The van der Waals surface area contributed by atoms with E-state index in [0.29, 0.717) is 17.9 Å². The first kappa shape index (κ1) is 19.0. The van der Waals surface area contributed by atoms with Crippen LogP contribution in [-0.2, 0) is 10.2 Å². The number of aliphatic hydroxyl groups is 1. The predicted molar refractivity (Wildman–Crippen MR) is 111 cm³/mol. The van der Waals surface area contributed by atoms with Gasteiger partial charge in [-0.15, -0.1) is 0 Å². The van der Waals surface area contributed by atoms with Crippen molar-refractivity contribution in [3.05, 3.63) is 75.9 Å². The molecule has 0 amide bonds. The van der Waals surface area contributed by atoms with Crippen LogP contribution in [0.25, 0.3) is 17.9 Å². The van der Waals surface area contributed by atoms with Gasteiger partial charge in [0.2, 0.25) is 0 Å². The Morgan fingerprint density at radius 3 is 2.56 bits per heavy atom. The van der Waals surface area contributed by atoms with Gasteiger partial charge in [0.05, 0.1) is 12.2 Å². The molecule has 0 aliphatic heterocycles. The first-order chi connectivity index (χ1) is 12.8. The summed E-state index contributed by atoms with van der Waals surface area (Å²) in [6, 6.07) is 11.6. The van der Waals surface area contributed by atoms with Crippen molar-refractivity contribution < 1.29 is 14.6 Å². The Labute approximate surface area is 161 Å². The highest BCUT2D eigenvalue weighted by Crippen LogP contribution is 2.39. The van der Waals surface area contributed by atoms with Crippen LogP contribution in [0.3, 0.4) is 0 Å². The van der Waals surface area contributed by atoms with Crippen LogP contribution in [0.5, 0.6) is 0 Å². The number of hydrogen-bond donors (Lipinski definition) is 1. The second-order valence-corrected chi connectivity index (χ2v) is 7.61. The lowest BCUT2D eigenvalue weighted by Crippen LogP contribution is -2.22. The monoisotopic (exact) mass is 362 g/mol. The Bertz CT molecular complexity index is 915. The average Bonchev–Trinajstić information content (AvgIpc) is 2.64. The number of aryl methyl sites for hydroxylation is 1. The van der Waals surface area contributed by atoms with Gasteiger partial charge in [-0.2, -0.15) is 0 Å². The van der Waals surface area contributed by atoms with E-state index in [0.717, 1.165) is 23.1 Å². The van der Waals surface area contributed by atoms with Crippen LogP contribution >= 0.6 is 0 Å². The van der Waals surface area contributed by atoms with E-state index >= 15 is 0 Å². The summed E-state index contributed by atoms with van der Waals surface area (Å²) in [5, 5.41) is 10.3. The Hall–Kier alpha value is -2.81. The van der Waals surface area contributed by atoms with E-state index in [4.69, 9.17) is 4.74 Å². The zero-order valence-electron chi connectivity index (χ0n) is 16.4. The predicted octanol–water partition coefficient (Wildman–Crippen LogP) is 5.92. The maximum absolute atomic E-state index is 11.7. The third-order valence-corrected chi connectivity index (χ3v) is 5.09. The van der Waals surface area contributed by atoms with Gasteiger partial charge in [0.15, 0.2) is 0 Å². The van der Waals surface area contributed by atoms with E-state index in [1.54, 1.807) is 19.1 Å². The van der Waals surface area contributed by atoms with Gasteiger partial charge in [-0.3, -0.25) is 0 Å². The smallest absolute Gasteiger partial charge is 0.338 e. The van der Waals surface area contributed by atoms with Crippen molar-refractivity contribution in [2.75, 3.05) is 6.61 Å². The van der Waals surface area contributed by atoms with Crippen LogP contribution in [0.2, 0.25) is 0 Å². The number of esters is 1. The van der Waals surface area contributed by atoms with Gasteiger partial charge in [-0.05, 0) is 72.2 Å². The highest BCUT2D eigenvalue weighted by Gasteiger charge is 2.28. The molecule has 140 valence electrons. The standard InChI is InChI=1S/C24H26O3/c1-5-27-23(26)18-9-6-17(7-10-18)8-11-19-15-20-21(14-16(19)2)24(3,4)13-12-22(20)25/h6-12,14-15,25H,5,13H2,1-4H3. The molecule has 1 aliphatic carbocycles. The maximum atomic E-state index is 11.7. The lowest BCUT2D eigenvalue weighted by atomic mass is 9.74. The molecule has 3 heteroatoms. The van der Waals surface area contributed by atoms with E-state index in [-0.39, 0.29) is 11.4 Å². The van der Waals surface area contributed by atoms with E-state index in [1.807, 2.05) is 30.4 Å². The molecular formula is C24H26O3. The molecule has 2 aromatic rings. The average molecular weight is 362 g/mol. The zero-order valence-corrected chi connectivity index (χ0v) is 16.4. The Morgan fingerprint density at radius 2 is 1.89 bits per heavy atom. The number of ether oxygens (including phenoxy) is 1. The molecule has 2 aromatic carbocycles. The van der Waals surface area contributed by atoms with Crippen molar-refractivity contribution in [1.82, 2.24) is 0 Å². The summed E-state index contributed by atoms with van der Waals surface area (Å²) in [7, 11) is 0. The Morgan fingerprint density at radius 1 is 1.19 bits per heavy atom. The molecule has 3 rings (SSSR count). The zero-order chi connectivity index (χ0) is 19.6. The number of aliphatic hydroxyl groups excluding tert-OH is 1. The van der Waals surface area contributed by atoms with Crippen LogP contribution in [0, 0.1) is 6.92 Å². The summed E-state index contributed by atoms with van der Waals surface area (Å²) < 4.78 is 5.01. The number of carbonyl (C=O) groups excluding carboxylic acids is 1. The number of fused-ring (bicyclic) bond motifs is 1. The quantitative estimate of drug-likeness (QED) is 0.542. The van der Waals surface area contributed by atoms with E-state index in [1.165, 1.54) is 11.1 Å². The van der Waals surface area contributed by atoms with Crippen LogP contribution in [-0.4, -0.2) is 17.7 Å². The molecule has 0 saturated carbocycles. The first-order valence-electron chi connectivity index (χ1n) is 9.31. The topological polar surface area (TPSA) is 46.5 Å². The van der Waals surface area contributed by atoms with E-state index in [2.05, 4.69) is 32.9 Å². The summed E-state index contributed by atoms with van der Waals surface area (Å²) in [4.78, 5) is 11.7. The molecular weight excluding hydrogens is 336 g/mol. The van der Waals surface area contributed by atoms with Gasteiger partial charge in [0, 0.05) is 5.56 Å². The molecule has 3 nitrogen and oxygen atoms in total. The Kier molecular flexibility index (Phi) is 5.22. The molecule has 0 atom stereocenters. The van der Waals surface area contributed by atoms with Crippen molar-refractivity contribution >= 4 is 23.9 Å². The molecule has 27 heavy (non-hydrogen) atoms. The lowest BCUT2D eigenvalue weighted by Gasteiger charge is -2.31. The molecule has 0 spiro atoms. The fourth-order valence-electron chi connectivity index (χ4n) is 3.38. The highest BCUT2D eigenvalue weighted by atomic mass is 16.5. The van der Waals surface area contributed by atoms with E-state index in [9.17, 15) is 9.90 Å². The summed E-state index contributed by atoms with van der Waals surface area (Å²) in [5.41, 5.74) is 5.93. The van der Waals surface area contributed by atoms with Crippen LogP contribution in [0.4, 0.5) is 0 Å². The van der Waals surface area contributed by atoms with Crippen molar-refractivity contribution in [2.45, 2.75) is 39.5 Å². The summed E-state index contributed by atoms with van der Waals surface area (Å²) in [5.74, 6) is 0.0567. The van der Waals surface area contributed by atoms with Crippen molar-refractivity contribution in [3.63, 3.8) is 0 Å². The molecule has 1 aliphatic rings. The molecule has 0 bridgehead atoms. The molecule has 0 aromatic heterocycles. The minimum atomic E-state index is -0.302. The van der Waals surface area contributed by atoms with Crippen LogP contribution in [0.1, 0.15) is 65.4 Å². The molecule has 0 unspecified atom stereocenters. The number of hydrogen-bond acceptors (Lipinski definition) is 3. The first-order valence-corrected chi connectivity index (χ1v) is 9.31. The second-order valence-electron chi connectivity index (χ2n) is 7.61. The third kappa shape index (κ3) is 3.97.